The van der Waals surface area contributed by atoms with E-state index in [1.54, 1.807) is 0 Å². The third-order valence-electron chi connectivity index (χ3n) is 6.54. The summed E-state index contributed by atoms with van der Waals surface area (Å²) >= 11 is 1.52. The summed E-state index contributed by atoms with van der Waals surface area (Å²) in [5.74, 6) is 2.38. The first-order valence-electron chi connectivity index (χ1n) is 9.73. The summed E-state index contributed by atoms with van der Waals surface area (Å²) < 4.78 is 0. The molecule has 1 aromatic carbocycles. The predicted octanol–water partition coefficient (Wildman–Crippen LogP) is 3.76. The van der Waals surface area contributed by atoms with E-state index in [1.165, 1.54) is 42.2 Å². The summed E-state index contributed by atoms with van der Waals surface area (Å²) in [6.45, 7) is 4.10. The molecule has 0 saturated heterocycles. The fourth-order valence-electron chi connectivity index (χ4n) is 5.69. The highest BCUT2D eigenvalue weighted by atomic mass is 32.2. The number of hydrazine groups is 1. The number of hydrogen-bond acceptors (Lipinski definition) is 3. The Morgan fingerprint density at radius 2 is 1.65 bits per heavy atom. The summed E-state index contributed by atoms with van der Waals surface area (Å²) in [4.78, 5) is 26.2. The molecule has 2 amide bonds. The third kappa shape index (κ3) is 3.51. The van der Waals surface area contributed by atoms with E-state index in [4.69, 9.17) is 0 Å². The highest BCUT2D eigenvalue weighted by molar-refractivity contribution is 8.00. The van der Waals surface area contributed by atoms with Crippen LogP contribution in [0.2, 0.25) is 0 Å². The van der Waals surface area contributed by atoms with Gasteiger partial charge in [0.2, 0.25) is 11.8 Å². The van der Waals surface area contributed by atoms with Gasteiger partial charge in [-0.1, -0.05) is 17.7 Å². The zero-order valence-corrected chi connectivity index (χ0v) is 16.5. The first-order chi connectivity index (χ1) is 12.4. The molecule has 5 rings (SSSR count). The Labute approximate surface area is 159 Å². The molecule has 5 heteroatoms. The van der Waals surface area contributed by atoms with Crippen molar-refractivity contribution in [1.82, 2.24) is 10.9 Å². The van der Waals surface area contributed by atoms with Crippen molar-refractivity contribution in [2.45, 2.75) is 57.3 Å². The molecule has 4 nitrogen and oxygen atoms in total. The molecule has 0 aromatic heterocycles. The fraction of sp³-hybridized carbons (Fsp3) is 0.619. The summed E-state index contributed by atoms with van der Waals surface area (Å²) in [6.07, 6.45) is 6.97. The molecule has 4 aliphatic carbocycles. The summed E-state index contributed by atoms with van der Waals surface area (Å²) in [5.41, 5.74) is 7.54. The van der Waals surface area contributed by atoms with Crippen molar-refractivity contribution in [1.29, 1.82) is 0 Å². The van der Waals surface area contributed by atoms with Gasteiger partial charge in [-0.05, 0) is 81.8 Å². The van der Waals surface area contributed by atoms with Gasteiger partial charge in [-0.3, -0.25) is 20.4 Å². The van der Waals surface area contributed by atoms with Crippen LogP contribution in [-0.4, -0.2) is 17.6 Å². The highest BCUT2D eigenvalue weighted by Gasteiger charge is 2.54. The Kier molecular flexibility index (Phi) is 4.76. The molecule has 4 bridgehead atoms. The number of thioether (sulfide) groups is 1. The Morgan fingerprint density at radius 1 is 1.04 bits per heavy atom. The van der Waals surface area contributed by atoms with Gasteiger partial charge in [0.25, 0.3) is 0 Å². The molecular formula is C21H28N2O2S. The van der Waals surface area contributed by atoms with E-state index in [1.807, 2.05) is 0 Å². The maximum Gasteiger partial charge on any atom is 0.248 e. The average molecular weight is 373 g/mol. The second-order valence-electron chi connectivity index (χ2n) is 8.76. The van der Waals surface area contributed by atoms with Gasteiger partial charge in [-0.2, -0.15) is 0 Å². The molecule has 0 radical (unpaired) electrons. The molecule has 2 N–H and O–H groups in total. The van der Waals surface area contributed by atoms with Crippen LogP contribution in [0.5, 0.6) is 0 Å². The third-order valence-corrected chi connectivity index (χ3v) is 7.70. The summed E-state index contributed by atoms with van der Waals surface area (Å²) in [5, 5.41) is 0. The van der Waals surface area contributed by atoms with Gasteiger partial charge in [0, 0.05) is 4.90 Å². The number of carbonyl (C=O) groups is 2. The van der Waals surface area contributed by atoms with Crippen molar-refractivity contribution in [3.05, 3.63) is 29.3 Å². The zero-order valence-electron chi connectivity index (χ0n) is 15.6. The molecule has 140 valence electrons. The Morgan fingerprint density at radius 3 is 2.27 bits per heavy atom. The van der Waals surface area contributed by atoms with Crippen LogP contribution in [-0.2, 0) is 9.59 Å². The van der Waals surface area contributed by atoms with Crippen molar-refractivity contribution >= 4 is 23.6 Å². The van der Waals surface area contributed by atoms with Gasteiger partial charge in [0.1, 0.15) is 0 Å². The number of nitrogens with one attached hydrogen (secondary N) is 2. The van der Waals surface area contributed by atoms with E-state index in [9.17, 15) is 9.59 Å². The lowest BCUT2D eigenvalue weighted by Gasteiger charge is -2.55. The zero-order chi connectivity index (χ0) is 18.3. The van der Waals surface area contributed by atoms with Crippen molar-refractivity contribution in [2.24, 2.45) is 23.2 Å². The molecule has 0 aliphatic heterocycles. The Balaban J connectivity index is 1.29. The summed E-state index contributed by atoms with van der Waals surface area (Å²) in [6, 6.07) is 6.25. The van der Waals surface area contributed by atoms with Crippen molar-refractivity contribution in [3.8, 4) is 0 Å². The largest absolute Gasteiger partial charge is 0.273 e. The second-order valence-corrected chi connectivity index (χ2v) is 9.77. The maximum atomic E-state index is 12.8. The van der Waals surface area contributed by atoms with Crippen LogP contribution < -0.4 is 10.9 Å². The number of carbonyl (C=O) groups excluding carboxylic acids is 2. The van der Waals surface area contributed by atoms with Crippen LogP contribution in [0.25, 0.3) is 0 Å². The lowest BCUT2D eigenvalue weighted by atomic mass is 9.49. The predicted molar refractivity (Wildman–Crippen MR) is 104 cm³/mol. The molecule has 0 atom stereocenters. The van der Waals surface area contributed by atoms with E-state index < -0.39 is 0 Å². The molecule has 4 fully saturated rings. The van der Waals surface area contributed by atoms with E-state index in [-0.39, 0.29) is 17.2 Å². The van der Waals surface area contributed by atoms with Gasteiger partial charge >= 0.3 is 0 Å². The first-order valence-corrected chi connectivity index (χ1v) is 10.7. The number of benzene rings is 1. The SMILES string of the molecule is Cc1ccc(C)c(SCC(=O)NNC(=O)C23CC4CC(CC(C4)C2)C3)c1. The monoisotopic (exact) mass is 372 g/mol. The van der Waals surface area contributed by atoms with Crippen molar-refractivity contribution < 1.29 is 9.59 Å². The van der Waals surface area contributed by atoms with E-state index >= 15 is 0 Å². The standard InChI is InChI=1S/C21H28N2O2S/c1-13-3-4-14(2)18(5-13)26-12-19(24)22-23-20(25)21-9-15-6-16(10-21)8-17(7-15)11-21/h3-5,15-17H,6-12H2,1-2H3,(H,22,24)(H,23,25). The fourth-order valence-corrected chi connectivity index (χ4v) is 6.61. The Hall–Kier alpha value is -1.49. The van der Waals surface area contributed by atoms with Crippen LogP contribution in [0.15, 0.2) is 23.1 Å². The van der Waals surface area contributed by atoms with Crippen molar-refractivity contribution in [2.75, 3.05) is 5.75 Å². The lowest BCUT2D eigenvalue weighted by Crippen LogP contribution is -2.56. The normalized spacial score (nSPS) is 31.7. The Bertz CT molecular complexity index is 695. The number of aryl methyl sites for hydroxylation is 2. The minimum atomic E-state index is -0.220. The molecule has 0 unspecified atom stereocenters. The van der Waals surface area contributed by atoms with Crippen LogP contribution >= 0.6 is 11.8 Å². The average Bonchev–Trinajstić information content (AvgIpc) is 2.59. The van der Waals surface area contributed by atoms with Crippen molar-refractivity contribution in [3.63, 3.8) is 0 Å². The highest BCUT2D eigenvalue weighted by Crippen LogP contribution is 2.60. The molecule has 4 saturated carbocycles. The minimum Gasteiger partial charge on any atom is -0.273 e. The number of hydrogen-bond donors (Lipinski definition) is 2. The quantitative estimate of drug-likeness (QED) is 0.625. The first kappa shape index (κ1) is 17.9. The molecule has 26 heavy (non-hydrogen) atoms. The van der Waals surface area contributed by atoms with E-state index in [0.717, 1.165) is 41.9 Å². The van der Waals surface area contributed by atoms with Crippen LogP contribution in [0.1, 0.15) is 49.7 Å². The lowest BCUT2D eigenvalue weighted by molar-refractivity contribution is -0.148. The smallest absolute Gasteiger partial charge is 0.248 e. The van der Waals surface area contributed by atoms with Gasteiger partial charge in [0.05, 0.1) is 11.2 Å². The molecule has 0 heterocycles. The van der Waals surface area contributed by atoms with Gasteiger partial charge in [0.15, 0.2) is 0 Å². The molecular weight excluding hydrogens is 344 g/mol. The van der Waals surface area contributed by atoms with Crippen LogP contribution in [0.3, 0.4) is 0 Å². The summed E-state index contributed by atoms with van der Waals surface area (Å²) in [7, 11) is 0. The van der Waals surface area contributed by atoms with Gasteiger partial charge < -0.3 is 0 Å². The molecule has 4 aliphatic rings. The minimum absolute atomic E-state index is 0.0432. The molecule has 0 spiro atoms. The number of rotatable bonds is 4. The van der Waals surface area contributed by atoms with Crippen LogP contribution in [0, 0.1) is 37.0 Å². The number of amides is 2. The van der Waals surface area contributed by atoms with E-state index in [2.05, 4.69) is 42.9 Å². The van der Waals surface area contributed by atoms with Gasteiger partial charge in [-0.25, -0.2) is 0 Å². The van der Waals surface area contributed by atoms with Gasteiger partial charge in [-0.15, -0.1) is 11.8 Å². The molecule has 1 aromatic rings. The van der Waals surface area contributed by atoms with Crippen LogP contribution in [0.4, 0.5) is 0 Å². The second kappa shape index (κ2) is 6.91. The topological polar surface area (TPSA) is 58.2 Å². The van der Waals surface area contributed by atoms with E-state index in [0.29, 0.717) is 5.75 Å². The maximum absolute atomic E-state index is 12.8.